The lowest BCUT2D eigenvalue weighted by atomic mass is 10.1. The normalized spacial score (nSPS) is 14.6. The monoisotopic (exact) mass is 560 g/mol. The molecule has 0 aromatic heterocycles. The predicted molar refractivity (Wildman–Crippen MR) is 151 cm³/mol. The van der Waals surface area contributed by atoms with Gasteiger partial charge in [0, 0.05) is 0 Å². The van der Waals surface area contributed by atoms with E-state index in [1.54, 1.807) is 24.3 Å². The minimum absolute atomic E-state index is 0.206. The van der Waals surface area contributed by atoms with Crippen molar-refractivity contribution in [3.8, 4) is 11.5 Å². The number of urea groups is 1. The highest BCUT2D eigenvalue weighted by molar-refractivity contribution is 6.40. The molecule has 0 saturated carbocycles. The first-order valence-electron chi connectivity index (χ1n) is 12.1. The summed E-state index contributed by atoms with van der Waals surface area (Å²) in [6.45, 7) is 2.56. The van der Waals surface area contributed by atoms with Crippen LogP contribution in [0.1, 0.15) is 18.1 Å². The number of ether oxygens (including phenoxy) is 2. The van der Waals surface area contributed by atoms with Crippen molar-refractivity contribution in [2.45, 2.75) is 13.5 Å². The number of carbonyl (C=O) groups excluding carboxylic acids is 3. The van der Waals surface area contributed by atoms with Crippen molar-refractivity contribution in [2.24, 2.45) is 0 Å². The molecule has 0 radical (unpaired) electrons. The van der Waals surface area contributed by atoms with Crippen LogP contribution in [0.25, 0.3) is 16.8 Å². The Balaban J connectivity index is 1.39. The van der Waals surface area contributed by atoms with Gasteiger partial charge >= 0.3 is 6.03 Å². The van der Waals surface area contributed by atoms with Crippen LogP contribution in [0.3, 0.4) is 0 Å². The van der Waals surface area contributed by atoms with Gasteiger partial charge in [-0.3, -0.25) is 14.9 Å². The fourth-order valence-corrected chi connectivity index (χ4v) is 4.90. The van der Waals surface area contributed by atoms with Crippen LogP contribution in [0.15, 0.2) is 84.4 Å². The van der Waals surface area contributed by atoms with Gasteiger partial charge in [-0.25, -0.2) is 9.69 Å². The van der Waals surface area contributed by atoms with Crippen molar-refractivity contribution in [2.75, 3.05) is 11.5 Å². The summed E-state index contributed by atoms with van der Waals surface area (Å²) in [4.78, 5) is 39.2. The van der Waals surface area contributed by atoms with Gasteiger partial charge in [-0.1, -0.05) is 65.7 Å². The molecule has 0 bridgehead atoms. The SMILES string of the molecule is CCOc1ccc(N2C(=O)NC(=O)/C(=C\c3cc(Cl)c(OCc4cccc5ccccc45)c(Cl)c3)C2=O)cc1. The summed E-state index contributed by atoms with van der Waals surface area (Å²) >= 11 is 13.0. The van der Waals surface area contributed by atoms with Gasteiger partial charge in [0.25, 0.3) is 11.8 Å². The first kappa shape index (κ1) is 26.3. The number of fused-ring (bicyclic) bond motifs is 1. The third-order valence-electron chi connectivity index (χ3n) is 6.09. The Labute approximate surface area is 234 Å². The smallest absolute Gasteiger partial charge is 0.335 e. The molecule has 196 valence electrons. The number of barbiturate groups is 1. The maximum absolute atomic E-state index is 13.2. The van der Waals surface area contributed by atoms with Gasteiger partial charge in [0.15, 0.2) is 5.75 Å². The lowest BCUT2D eigenvalue weighted by Crippen LogP contribution is -2.54. The van der Waals surface area contributed by atoms with Gasteiger partial charge in [0.1, 0.15) is 17.9 Å². The van der Waals surface area contributed by atoms with Gasteiger partial charge in [0.2, 0.25) is 0 Å². The van der Waals surface area contributed by atoms with E-state index in [0.29, 0.717) is 17.9 Å². The Kier molecular flexibility index (Phi) is 7.54. The molecule has 0 spiro atoms. The molecule has 1 fully saturated rings. The Morgan fingerprint density at radius 3 is 2.28 bits per heavy atom. The number of halogens is 2. The Hall–Kier alpha value is -4.33. The average Bonchev–Trinajstić information content (AvgIpc) is 2.91. The highest BCUT2D eigenvalue weighted by Gasteiger charge is 2.36. The molecule has 4 amide bonds. The van der Waals surface area contributed by atoms with E-state index in [1.807, 2.05) is 49.4 Å². The highest BCUT2D eigenvalue weighted by atomic mass is 35.5. The molecule has 1 N–H and O–H groups in total. The van der Waals surface area contributed by atoms with Gasteiger partial charge in [-0.2, -0.15) is 0 Å². The fourth-order valence-electron chi connectivity index (χ4n) is 4.29. The van der Waals surface area contributed by atoms with Gasteiger partial charge in [-0.15, -0.1) is 0 Å². The number of anilines is 1. The number of amides is 4. The van der Waals surface area contributed by atoms with Crippen LogP contribution >= 0.6 is 23.2 Å². The van der Waals surface area contributed by atoms with E-state index in [9.17, 15) is 14.4 Å². The molecular weight excluding hydrogens is 539 g/mol. The zero-order valence-electron chi connectivity index (χ0n) is 20.7. The molecule has 4 aromatic rings. The van der Waals surface area contributed by atoms with Crippen molar-refractivity contribution in [1.82, 2.24) is 5.32 Å². The molecule has 4 aromatic carbocycles. The lowest BCUT2D eigenvalue weighted by Gasteiger charge is -2.26. The average molecular weight is 561 g/mol. The number of hydrogen-bond donors (Lipinski definition) is 1. The number of carbonyl (C=O) groups is 3. The third kappa shape index (κ3) is 5.46. The van der Waals surface area contributed by atoms with E-state index in [0.717, 1.165) is 21.2 Å². The van der Waals surface area contributed by atoms with Crippen molar-refractivity contribution in [3.63, 3.8) is 0 Å². The summed E-state index contributed by atoms with van der Waals surface area (Å²) < 4.78 is 11.4. The number of imide groups is 2. The molecule has 0 unspecified atom stereocenters. The minimum atomic E-state index is -0.848. The fraction of sp³-hybridized carbons (Fsp3) is 0.100. The van der Waals surface area contributed by atoms with Crippen LogP contribution in [0, 0.1) is 0 Å². The number of nitrogens with zero attached hydrogens (tertiary/aromatic N) is 1. The van der Waals surface area contributed by atoms with Crippen LogP contribution in [0.5, 0.6) is 11.5 Å². The summed E-state index contributed by atoms with van der Waals surface area (Å²) in [5, 5.41) is 4.76. The molecule has 9 heteroatoms. The van der Waals surface area contributed by atoms with E-state index < -0.39 is 17.8 Å². The number of hydrogen-bond acceptors (Lipinski definition) is 5. The van der Waals surface area contributed by atoms with Gasteiger partial charge in [-0.05, 0) is 71.3 Å². The second-order valence-corrected chi connectivity index (χ2v) is 9.44. The van der Waals surface area contributed by atoms with E-state index >= 15 is 0 Å². The Morgan fingerprint density at radius 1 is 0.872 bits per heavy atom. The minimum Gasteiger partial charge on any atom is -0.494 e. The molecule has 1 saturated heterocycles. The second kappa shape index (κ2) is 11.2. The second-order valence-electron chi connectivity index (χ2n) is 8.63. The molecule has 1 aliphatic heterocycles. The molecule has 7 nitrogen and oxygen atoms in total. The first-order chi connectivity index (χ1) is 18.9. The zero-order valence-corrected chi connectivity index (χ0v) is 22.3. The summed E-state index contributed by atoms with van der Waals surface area (Å²) in [6.07, 6.45) is 1.33. The molecule has 39 heavy (non-hydrogen) atoms. The van der Waals surface area contributed by atoms with Crippen molar-refractivity contribution in [3.05, 3.63) is 106 Å². The molecule has 5 rings (SSSR count). The third-order valence-corrected chi connectivity index (χ3v) is 6.65. The maximum atomic E-state index is 13.2. The van der Waals surface area contributed by atoms with Crippen LogP contribution in [0.2, 0.25) is 10.0 Å². The molecular formula is C30H22Cl2N2O5. The molecule has 1 aliphatic rings. The number of benzene rings is 4. The predicted octanol–water partition coefficient (Wildman–Crippen LogP) is 6.79. The van der Waals surface area contributed by atoms with E-state index in [4.69, 9.17) is 32.7 Å². The summed E-state index contributed by atoms with van der Waals surface area (Å²) in [6, 6.07) is 22.5. The van der Waals surface area contributed by atoms with Crippen molar-refractivity contribution < 1.29 is 23.9 Å². The van der Waals surface area contributed by atoms with Crippen molar-refractivity contribution in [1.29, 1.82) is 0 Å². The highest BCUT2D eigenvalue weighted by Crippen LogP contribution is 2.36. The van der Waals surface area contributed by atoms with Crippen LogP contribution in [-0.2, 0) is 16.2 Å². The van der Waals surface area contributed by atoms with Crippen LogP contribution in [-0.4, -0.2) is 24.5 Å². The van der Waals surface area contributed by atoms with Crippen LogP contribution in [0.4, 0.5) is 10.5 Å². The Morgan fingerprint density at radius 2 is 1.56 bits per heavy atom. The van der Waals surface area contributed by atoms with Crippen molar-refractivity contribution >= 4 is 63.6 Å². The largest absolute Gasteiger partial charge is 0.494 e. The van der Waals surface area contributed by atoms with E-state index in [1.165, 1.54) is 18.2 Å². The quantitative estimate of drug-likeness (QED) is 0.198. The van der Waals surface area contributed by atoms with Gasteiger partial charge in [0.05, 0.1) is 22.3 Å². The summed E-state index contributed by atoms with van der Waals surface area (Å²) in [7, 11) is 0. The topological polar surface area (TPSA) is 84.9 Å². The molecule has 0 aliphatic carbocycles. The lowest BCUT2D eigenvalue weighted by molar-refractivity contribution is -0.122. The molecule has 0 atom stereocenters. The van der Waals surface area contributed by atoms with Crippen LogP contribution < -0.4 is 19.7 Å². The summed E-state index contributed by atoms with van der Waals surface area (Å²) in [5.74, 6) is -0.740. The van der Waals surface area contributed by atoms with E-state index in [-0.39, 0.29) is 33.7 Å². The Bertz CT molecular complexity index is 1600. The number of nitrogens with one attached hydrogen (secondary N) is 1. The first-order valence-corrected chi connectivity index (χ1v) is 12.8. The van der Waals surface area contributed by atoms with E-state index in [2.05, 4.69) is 5.32 Å². The standard InChI is InChI=1S/C30H22Cl2N2O5/c1-2-38-22-12-10-21(11-13-22)34-29(36)24(28(35)33-30(34)37)14-18-15-25(31)27(26(32)16-18)39-17-20-8-5-7-19-6-3-4-9-23(19)20/h3-16H,2,17H2,1H3,(H,33,35,37)/b24-14+. The maximum Gasteiger partial charge on any atom is 0.335 e. The number of rotatable bonds is 7. The molecule has 1 heterocycles. The summed E-state index contributed by atoms with van der Waals surface area (Å²) in [5.41, 5.74) is 1.39. The zero-order chi connectivity index (χ0) is 27.5. The van der Waals surface area contributed by atoms with Gasteiger partial charge < -0.3 is 9.47 Å².